The van der Waals surface area contributed by atoms with E-state index in [-0.39, 0.29) is 12.1 Å². The van der Waals surface area contributed by atoms with Crippen molar-refractivity contribution >= 4 is 23.1 Å². The van der Waals surface area contributed by atoms with Crippen molar-refractivity contribution in [1.82, 2.24) is 10.6 Å². The summed E-state index contributed by atoms with van der Waals surface area (Å²) in [4.78, 5) is 11.6. The quantitative estimate of drug-likeness (QED) is 0.764. The molecule has 0 fully saturated rings. The maximum atomic E-state index is 11.6. The SMILES string of the molecule is CC(C)NC(=O)Nc1ccc(CNCc2ccsc2)cc1. The van der Waals surface area contributed by atoms with E-state index in [1.165, 1.54) is 11.1 Å². The number of hydrogen-bond acceptors (Lipinski definition) is 3. The minimum Gasteiger partial charge on any atom is -0.336 e. The molecule has 0 aliphatic rings. The second-order valence-corrected chi connectivity index (χ2v) is 5.97. The molecular formula is C16H21N3OS. The first-order chi connectivity index (χ1) is 10.1. The number of hydrogen-bond donors (Lipinski definition) is 3. The molecule has 1 heterocycles. The van der Waals surface area contributed by atoms with Gasteiger partial charge in [0.2, 0.25) is 0 Å². The number of urea groups is 1. The third-order valence-corrected chi connectivity index (χ3v) is 3.60. The molecule has 1 aromatic carbocycles. The van der Waals surface area contributed by atoms with E-state index >= 15 is 0 Å². The highest BCUT2D eigenvalue weighted by molar-refractivity contribution is 7.07. The molecule has 5 heteroatoms. The van der Waals surface area contributed by atoms with Crippen molar-refractivity contribution in [2.75, 3.05) is 5.32 Å². The zero-order valence-corrected chi connectivity index (χ0v) is 13.2. The van der Waals surface area contributed by atoms with Crippen LogP contribution in [0, 0.1) is 0 Å². The van der Waals surface area contributed by atoms with Crippen LogP contribution in [0.15, 0.2) is 41.1 Å². The van der Waals surface area contributed by atoms with Gasteiger partial charge < -0.3 is 16.0 Å². The largest absolute Gasteiger partial charge is 0.336 e. The number of nitrogens with one attached hydrogen (secondary N) is 3. The van der Waals surface area contributed by atoms with Crippen molar-refractivity contribution in [1.29, 1.82) is 0 Å². The summed E-state index contributed by atoms with van der Waals surface area (Å²) in [5.41, 5.74) is 3.30. The number of thiophene rings is 1. The zero-order chi connectivity index (χ0) is 15.1. The summed E-state index contributed by atoms with van der Waals surface area (Å²) >= 11 is 1.71. The first-order valence-corrected chi connectivity index (χ1v) is 7.96. The van der Waals surface area contributed by atoms with Crippen LogP contribution in [0.1, 0.15) is 25.0 Å². The molecule has 0 spiro atoms. The molecule has 0 atom stereocenters. The predicted molar refractivity (Wildman–Crippen MR) is 88.6 cm³/mol. The molecule has 2 aromatic rings. The first-order valence-electron chi connectivity index (χ1n) is 7.02. The van der Waals surface area contributed by atoms with Gasteiger partial charge in [-0.2, -0.15) is 11.3 Å². The van der Waals surface area contributed by atoms with Crippen LogP contribution in [0.4, 0.5) is 10.5 Å². The monoisotopic (exact) mass is 303 g/mol. The molecule has 0 saturated heterocycles. The van der Waals surface area contributed by atoms with Crippen LogP contribution in [0.2, 0.25) is 0 Å². The molecule has 0 bridgehead atoms. The van der Waals surface area contributed by atoms with Crippen LogP contribution in [0.5, 0.6) is 0 Å². The van der Waals surface area contributed by atoms with Crippen molar-refractivity contribution in [3.05, 3.63) is 52.2 Å². The summed E-state index contributed by atoms with van der Waals surface area (Å²) in [6.07, 6.45) is 0. The lowest BCUT2D eigenvalue weighted by Crippen LogP contribution is -2.34. The fourth-order valence-electron chi connectivity index (χ4n) is 1.88. The lowest BCUT2D eigenvalue weighted by Gasteiger charge is -2.10. The third kappa shape index (κ3) is 5.57. The van der Waals surface area contributed by atoms with Crippen LogP contribution >= 0.6 is 11.3 Å². The van der Waals surface area contributed by atoms with E-state index in [4.69, 9.17) is 0 Å². The number of amides is 2. The second-order valence-electron chi connectivity index (χ2n) is 5.19. The summed E-state index contributed by atoms with van der Waals surface area (Å²) in [5.74, 6) is 0. The van der Waals surface area contributed by atoms with Crippen molar-refractivity contribution in [2.24, 2.45) is 0 Å². The van der Waals surface area contributed by atoms with Gasteiger partial charge in [0, 0.05) is 24.8 Å². The number of benzene rings is 1. The zero-order valence-electron chi connectivity index (χ0n) is 12.3. The lowest BCUT2D eigenvalue weighted by atomic mass is 10.2. The van der Waals surface area contributed by atoms with Gasteiger partial charge in [0.1, 0.15) is 0 Å². The van der Waals surface area contributed by atoms with Crippen LogP contribution in [-0.4, -0.2) is 12.1 Å². The molecule has 0 aliphatic heterocycles. The molecule has 0 radical (unpaired) electrons. The molecular weight excluding hydrogens is 282 g/mol. The Morgan fingerprint density at radius 3 is 2.43 bits per heavy atom. The van der Waals surface area contributed by atoms with Crippen LogP contribution in [-0.2, 0) is 13.1 Å². The van der Waals surface area contributed by atoms with Gasteiger partial charge in [0.25, 0.3) is 0 Å². The minimum absolute atomic E-state index is 0.130. The summed E-state index contributed by atoms with van der Waals surface area (Å²) in [7, 11) is 0. The van der Waals surface area contributed by atoms with Gasteiger partial charge in [0.15, 0.2) is 0 Å². The highest BCUT2D eigenvalue weighted by Gasteiger charge is 2.03. The number of carbonyl (C=O) groups excluding carboxylic acids is 1. The molecule has 3 N–H and O–H groups in total. The van der Waals surface area contributed by atoms with E-state index in [1.54, 1.807) is 11.3 Å². The second kappa shape index (κ2) is 7.81. The summed E-state index contributed by atoms with van der Waals surface area (Å²) in [6.45, 7) is 5.55. The average molecular weight is 303 g/mol. The van der Waals surface area contributed by atoms with E-state index in [1.807, 2.05) is 38.1 Å². The van der Waals surface area contributed by atoms with Crippen molar-refractivity contribution in [3.63, 3.8) is 0 Å². The molecule has 2 amide bonds. The van der Waals surface area contributed by atoms with Gasteiger partial charge in [-0.15, -0.1) is 0 Å². The molecule has 21 heavy (non-hydrogen) atoms. The smallest absolute Gasteiger partial charge is 0.319 e. The molecule has 0 unspecified atom stereocenters. The number of rotatable bonds is 6. The molecule has 1 aromatic heterocycles. The predicted octanol–water partition coefficient (Wildman–Crippen LogP) is 3.57. The van der Waals surface area contributed by atoms with E-state index in [2.05, 4.69) is 32.8 Å². The van der Waals surface area contributed by atoms with Crippen molar-refractivity contribution in [2.45, 2.75) is 33.0 Å². The Labute approximate surface area is 129 Å². The van der Waals surface area contributed by atoms with Gasteiger partial charge in [-0.25, -0.2) is 4.79 Å². The summed E-state index contributed by atoms with van der Waals surface area (Å²) < 4.78 is 0. The fraction of sp³-hybridized carbons (Fsp3) is 0.312. The topological polar surface area (TPSA) is 53.2 Å². The van der Waals surface area contributed by atoms with Gasteiger partial charge in [-0.05, 0) is 53.9 Å². The van der Waals surface area contributed by atoms with Crippen LogP contribution in [0.3, 0.4) is 0 Å². The van der Waals surface area contributed by atoms with Gasteiger partial charge in [-0.1, -0.05) is 12.1 Å². The highest BCUT2D eigenvalue weighted by atomic mass is 32.1. The Morgan fingerprint density at radius 1 is 1.10 bits per heavy atom. The Morgan fingerprint density at radius 2 is 1.81 bits per heavy atom. The Kier molecular flexibility index (Phi) is 5.78. The van der Waals surface area contributed by atoms with E-state index in [0.29, 0.717) is 0 Å². The highest BCUT2D eigenvalue weighted by Crippen LogP contribution is 2.10. The maximum Gasteiger partial charge on any atom is 0.319 e. The van der Waals surface area contributed by atoms with Crippen LogP contribution in [0.25, 0.3) is 0 Å². The molecule has 4 nitrogen and oxygen atoms in total. The van der Waals surface area contributed by atoms with Gasteiger partial charge in [0.05, 0.1) is 0 Å². The van der Waals surface area contributed by atoms with Gasteiger partial charge in [-0.3, -0.25) is 0 Å². The summed E-state index contributed by atoms with van der Waals surface area (Å²) in [6, 6.07) is 9.96. The lowest BCUT2D eigenvalue weighted by molar-refractivity contribution is 0.250. The maximum absolute atomic E-state index is 11.6. The first kappa shape index (κ1) is 15.5. The molecule has 0 saturated carbocycles. The van der Waals surface area contributed by atoms with Gasteiger partial charge >= 0.3 is 6.03 Å². The number of anilines is 1. The van der Waals surface area contributed by atoms with Crippen molar-refractivity contribution in [3.8, 4) is 0 Å². The van der Waals surface area contributed by atoms with E-state index in [9.17, 15) is 4.79 Å². The standard InChI is InChI=1S/C16H21N3OS/c1-12(2)18-16(20)19-15-5-3-13(4-6-15)9-17-10-14-7-8-21-11-14/h3-8,11-12,17H,9-10H2,1-2H3,(H2,18,19,20). The normalized spacial score (nSPS) is 10.6. The molecule has 112 valence electrons. The Hall–Kier alpha value is -1.85. The Bertz CT molecular complexity index is 549. The van der Waals surface area contributed by atoms with Crippen LogP contribution < -0.4 is 16.0 Å². The average Bonchev–Trinajstić information content (AvgIpc) is 2.93. The van der Waals surface area contributed by atoms with E-state index in [0.717, 1.165) is 18.8 Å². The molecule has 0 aliphatic carbocycles. The fourth-order valence-corrected chi connectivity index (χ4v) is 2.55. The molecule has 2 rings (SSSR count). The van der Waals surface area contributed by atoms with E-state index < -0.39 is 0 Å². The van der Waals surface area contributed by atoms with Crippen molar-refractivity contribution < 1.29 is 4.79 Å². The third-order valence-electron chi connectivity index (χ3n) is 2.87. The minimum atomic E-state index is -0.173. The Balaban J connectivity index is 1.77. The summed E-state index contributed by atoms with van der Waals surface area (Å²) in [5, 5.41) is 13.2. The number of carbonyl (C=O) groups is 1.